The molecule has 3 aliphatic rings. The molecule has 3 fully saturated rings. The third kappa shape index (κ3) is 7.84. The average Bonchev–Trinajstić information content (AvgIpc) is 3.21. The van der Waals surface area contributed by atoms with Crippen LogP contribution in [0.3, 0.4) is 0 Å². The van der Waals surface area contributed by atoms with Crippen molar-refractivity contribution < 1.29 is 37.5 Å². The summed E-state index contributed by atoms with van der Waals surface area (Å²) in [5, 5.41) is 2.66. The molecule has 0 aromatic rings. The summed E-state index contributed by atoms with van der Waals surface area (Å²) in [6, 6.07) is -1.94. The molecule has 0 radical (unpaired) electrons. The van der Waals surface area contributed by atoms with Gasteiger partial charge in [0.05, 0.1) is 6.04 Å². The number of nitrogens with zero attached hydrogens (tertiary/aromatic N) is 1. The Morgan fingerprint density at radius 1 is 1.12 bits per heavy atom. The van der Waals surface area contributed by atoms with Gasteiger partial charge in [0, 0.05) is 38.1 Å². The molecule has 1 heterocycles. The van der Waals surface area contributed by atoms with Crippen LogP contribution in [0.15, 0.2) is 12.7 Å². The van der Waals surface area contributed by atoms with E-state index in [9.17, 15) is 32.8 Å². The summed E-state index contributed by atoms with van der Waals surface area (Å²) >= 11 is 0. The summed E-state index contributed by atoms with van der Waals surface area (Å²) in [5.74, 6) is -6.06. The van der Waals surface area contributed by atoms with E-state index in [0.29, 0.717) is 25.8 Å². The first-order valence-electron chi connectivity index (χ1n) is 15.3. The zero-order valence-corrected chi connectivity index (χ0v) is 26.0. The number of rotatable bonds is 13. The molecule has 1 aliphatic heterocycles. The van der Waals surface area contributed by atoms with Gasteiger partial charge in [0.1, 0.15) is 11.6 Å². The molecule has 2 aliphatic carbocycles. The number of alkyl carbamates (subject to hydrolysis) is 1. The number of ketones is 3. The number of hydrogen-bond donors (Lipinski definition) is 1. The first kappa shape index (κ1) is 33.8. The SMILES string of the molecule is C=CCCC(=O)C(=O)C(CCC)CC(=O)C1C2C(CN1C(=O)C(NC(=O)OC(C)(C)C)C1CCC(F)(F)CC1)C2(C)C. The van der Waals surface area contributed by atoms with E-state index in [4.69, 9.17) is 4.74 Å². The highest BCUT2D eigenvalue weighted by molar-refractivity contribution is 6.38. The maximum atomic E-state index is 14.2. The van der Waals surface area contributed by atoms with E-state index in [0.717, 1.165) is 0 Å². The molecular weight excluding hydrogens is 546 g/mol. The van der Waals surface area contributed by atoms with Crippen molar-refractivity contribution in [2.24, 2.45) is 29.1 Å². The van der Waals surface area contributed by atoms with Gasteiger partial charge in [0.2, 0.25) is 17.6 Å². The Hall–Kier alpha value is -2.65. The molecule has 2 amide bonds. The van der Waals surface area contributed by atoms with Crippen molar-refractivity contribution in [3.05, 3.63) is 12.7 Å². The minimum atomic E-state index is -2.82. The second-order valence-electron chi connectivity index (χ2n) is 14.0. The molecule has 1 saturated heterocycles. The van der Waals surface area contributed by atoms with E-state index in [1.165, 1.54) is 4.90 Å². The Balaban J connectivity index is 1.86. The molecule has 1 N–H and O–H groups in total. The van der Waals surface area contributed by atoms with Crippen molar-refractivity contribution in [2.75, 3.05) is 6.54 Å². The van der Waals surface area contributed by atoms with Crippen molar-refractivity contribution in [2.45, 2.75) is 123 Å². The molecule has 2 saturated carbocycles. The lowest BCUT2D eigenvalue weighted by atomic mass is 9.81. The number of likely N-dealkylation sites (tertiary alicyclic amines) is 1. The lowest BCUT2D eigenvalue weighted by molar-refractivity contribution is -0.145. The average molecular weight is 595 g/mol. The van der Waals surface area contributed by atoms with Crippen LogP contribution in [0.1, 0.15) is 99.3 Å². The molecule has 5 unspecified atom stereocenters. The number of piperidine rings is 1. The maximum absolute atomic E-state index is 14.2. The van der Waals surface area contributed by atoms with Gasteiger partial charge in [-0.25, -0.2) is 13.6 Å². The predicted molar refractivity (Wildman–Crippen MR) is 154 cm³/mol. The molecule has 0 aromatic heterocycles. The minimum absolute atomic E-state index is 0.0426. The van der Waals surface area contributed by atoms with E-state index in [2.05, 4.69) is 11.9 Å². The summed E-state index contributed by atoms with van der Waals surface area (Å²) in [5.41, 5.74) is -1.03. The Morgan fingerprint density at radius 3 is 2.29 bits per heavy atom. The van der Waals surface area contributed by atoms with Gasteiger partial charge in [-0.3, -0.25) is 19.2 Å². The van der Waals surface area contributed by atoms with E-state index >= 15 is 0 Å². The molecule has 0 bridgehead atoms. The van der Waals surface area contributed by atoms with Gasteiger partial charge in [-0.15, -0.1) is 6.58 Å². The summed E-state index contributed by atoms with van der Waals surface area (Å²) in [4.78, 5) is 67.8. The van der Waals surface area contributed by atoms with Crippen molar-refractivity contribution in [3.8, 4) is 0 Å². The number of hydrogen-bond acceptors (Lipinski definition) is 6. The van der Waals surface area contributed by atoms with Gasteiger partial charge in [-0.1, -0.05) is 33.3 Å². The third-order valence-corrected chi connectivity index (χ3v) is 9.30. The number of fused-ring (bicyclic) bond motifs is 1. The molecule has 3 rings (SSSR count). The Kier molecular flexibility index (Phi) is 10.4. The third-order valence-electron chi connectivity index (χ3n) is 9.30. The number of amides is 2. The van der Waals surface area contributed by atoms with Gasteiger partial charge < -0.3 is 15.0 Å². The van der Waals surface area contributed by atoms with Crippen molar-refractivity contribution in [1.29, 1.82) is 0 Å². The monoisotopic (exact) mass is 594 g/mol. The summed E-state index contributed by atoms with van der Waals surface area (Å²) in [6.07, 6.45) is 1.31. The molecule has 236 valence electrons. The van der Waals surface area contributed by atoms with Gasteiger partial charge in [-0.05, 0) is 69.6 Å². The van der Waals surface area contributed by atoms with Crippen LogP contribution >= 0.6 is 0 Å². The van der Waals surface area contributed by atoms with Crippen LogP contribution < -0.4 is 5.32 Å². The highest BCUT2D eigenvalue weighted by Crippen LogP contribution is 2.65. The second kappa shape index (κ2) is 12.9. The number of nitrogens with one attached hydrogen (secondary N) is 1. The maximum Gasteiger partial charge on any atom is 0.408 e. The molecule has 42 heavy (non-hydrogen) atoms. The van der Waals surface area contributed by atoms with E-state index in [-0.39, 0.29) is 48.7 Å². The molecule has 5 atom stereocenters. The first-order chi connectivity index (χ1) is 19.4. The summed E-state index contributed by atoms with van der Waals surface area (Å²) in [7, 11) is 0. The lowest BCUT2D eigenvalue weighted by Crippen LogP contribution is -2.57. The number of carbonyl (C=O) groups excluding carboxylic acids is 5. The first-order valence-corrected chi connectivity index (χ1v) is 15.3. The zero-order chi connectivity index (χ0) is 31.6. The number of Topliss-reactive ketones (excluding diaryl/α,β-unsaturated/α-hetero) is 3. The van der Waals surface area contributed by atoms with Crippen molar-refractivity contribution >= 4 is 29.4 Å². The van der Waals surface area contributed by atoms with E-state index in [1.807, 2.05) is 20.8 Å². The van der Waals surface area contributed by atoms with Crippen LogP contribution in [0.4, 0.5) is 13.6 Å². The fraction of sp³-hybridized carbons (Fsp3) is 0.781. The summed E-state index contributed by atoms with van der Waals surface area (Å²) in [6.45, 7) is 14.9. The van der Waals surface area contributed by atoms with Gasteiger partial charge in [0.15, 0.2) is 11.6 Å². The number of allylic oxidation sites excluding steroid dienone is 1. The number of carbonyl (C=O) groups is 5. The largest absolute Gasteiger partial charge is 0.444 e. The molecule has 0 aromatic carbocycles. The number of ether oxygens (including phenoxy) is 1. The lowest BCUT2D eigenvalue weighted by Gasteiger charge is -2.38. The van der Waals surface area contributed by atoms with Crippen LogP contribution in [0, 0.1) is 29.1 Å². The van der Waals surface area contributed by atoms with Crippen molar-refractivity contribution in [1.82, 2.24) is 10.2 Å². The van der Waals surface area contributed by atoms with Crippen LogP contribution in [-0.2, 0) is 23.9 Å². The fourth-order valence-electron chi connectivity index (χ4n) is 6.89. The Morgan fingerprint density at radius 2 is 1.74 bits per heavy atom. The quantitative estimate of drug-likeness (QED) is 0.217. The Bertz CT molecular complexity index is 1070. The highest BCUT2D eigenvalue weighted by Gasteiger charge is 2.69. The van der Waals surface area contributed by atoms with E-state index in [1.54, 1.807) is 26.8 Å². The zero-order valence-electron chi connectivity index (χ0n) is 26.0. The van der Waals surface area contributed by atoms with Gasteiger partial charge in [0.25, 0.3) is 0 Å². The smallest absolute Gasteiger partial charge is 0.408 e. The Labute approximate surface area is 248 Å². The summed E-state index contributed by atoms with van der Waals surface area (Å²) < 4.78 is 33.4. The standard InChI is InChI=1S/C32H48F2N2O6/c1-8-10-12-22(37)27(39)20(11-9-2)17-23(38)26-24-21(31(24,6)7)18-36(26)28(40)25(35-29(41)42-30(3,4)5)19-13-15-32(33,34)16-14-19/h8,19-21,24-26H,1,9-18H2,2-7H3,(H,35,41). The van der Waals surface area contributed by atoms with Gasteiger partial charge in [-0.2, -0.15) is 0 Å². The number of alkyl halides is 2. The fourth-order valence-corrected chi connectivity index (χ4v) is 6.89. The molecule has 0 spiro atoms. The molecular formula is C32H48F2N2O6. The molecule has 10 heteroatoms. The minimum Gasteiger partial charge on any atom is -0.444 e. The van der Waals surface area contributed by atoms with Crippen molar-refractivity contribution in [3.63, 3.8) is 0 Å². The topological polar surface area (TPSA) is 110 Å². The van der Waals surface area contributed by atoms with Gasteiger partial charge >= 0.3 is 6.09 Å². The predicted octanol–water partition coefficient (Wildman–Crippen LogP) is 5.67. The molecule has 8 nitrogen and oxygen atoms in total. The van der Waals surface area contributed by atoms with Crippen LogP contribution in [0.5, 0.6) is 0 Å². The second-order valence-corrected chi connectivity index (χ2v) is 14.0. The number of halogens is 2. The highest BCUT2D eigenvalue weighted by atomic mass is 19.3. The van der Waals surface area contributed by atoms with Crippen LogP contribution in [0.25, 0.3) is 0 Å². The van der Waals surface area contributed by atoms with Crippen LogP contribution in [-0.4, -0.2) is 64.4 Å². The normalized spacial score (nSPS) is 26.0. The van der Waals surface area contributed by atoms with Crippen LogP contribution in [0.2, 0.25) is 0 Å². The van der Waals surface area contributed by atoms with E-state index < -0.39 is 71.9 Å².